The number of benzene rings is 2. The van der Waals surface area contributed by atoms with Crippen LogP contribution in [0.2, 0.25) is 0 Å². The summed E-state index contributed by atoms with van der Waals surface area (Å²) in [5, 5.41) is 0. The molecule has 0 bridgehead atoms. The van der Waals surface area contributed by atoms with E-state index in [-0.39, 0.29) is 5.91 Å². The number of carbonyl (C=O) groups is 1. The number of ether oxygens (including phenoxy) is 1. The summed E-state index contributed by atoms with van der Waals surface area (Å²) in [5.41, 5.74) is 3.66. The molecule has 0 aliphatic carbocycles. The van der Waals surface area contributed by atoms with Gasteiger partial charge >= 0.3 is 0 Å². The molecule has 2 heterocycles. The maximum atomic E-state index is 12.7. The first-order valence-electron chi connectivity index (χ1n) is 10.1. The molecule has 0 unspecified atom stereocenters. The summed E-state index contributed by atoms with van der Waals surface area (Å²) in [6, 6.07) is 16.8. The number of amides is 1. The van der Waals surface area contributed by atoms with Gasteiger partial charge in [-0.1, -0.05) is 37.6 Å². The van der Waals surface area contributed by atoms with Crippen LogP contribution in [-0.4, -0.2) is 48.0 Å². The Morgan fingerprint density at radius 1 is 1.07 bits per heavy atom. The minimum Gasteiger partial charge on any atom is -0.494 e. The predicted molar refractivity (Wildman–Crippen MR) is 107 cm³/mol. The number of hydrogen-bond acceptors (Lipinski definition) is 3. The van der Waals surface area contributed by atoms with Gasteiger partial charge in [-0.05, 0) is 48.2 Å². The lowest BCUT2D eigenvalue weighted by atomic mass is 9.96. The van der Waals surface area contributed by atoms with Crippen molar-refractivity contribution in [1.82, 2.24) is 9.80 Å². The smallest absolute Gasteiger partial charge is 0.253 e. The summed E-state index contributed by atoms with van der Waals surface area (Å²) in [7, 11) is 0. The third-order valence-electron chi connectivity index (χ3n) is 5.69. The lowest BCUT2D eigenvalue weighted by Crippen LogP contribution is -2.61. The first-order valence-corrected chi connectivity index (χ1v) is 10.1. The maximum Gasteiger partial charge on any atom is 0.253 e. The van der Waals surface area contributed by atoms with Gasteiger partial charge in [0.25, 0.3) is 5.91 Å². The summed E-state index contributed by atoms with van der Waals surface area (Å²) in [4.78, 5) is 17.2. The Labute approximate surface area is 161 Å². The fourth-order valence-corrected chi connectivity index (χ4v) is 3.89. The molecule has 0 atom stereocenters. The number of hydrogen-bond donors (Lipinski definition) is 0. The molecule has 2 aliphatic rings. The number of rotatable bonds is 6. The monoisotopic (exact) mass is 364 g/mol. The molecule has 4 rings (SSSR count). The Kier molecular flexibility index (Phi) is 5.44. The maximum absolute atomic E-state index is 12.7. The van der Waals surface area contributed by atoms with Gasteiger partial charge in [0, 0.05) is 37.8 Å². The van der Waals surface area contributed by atoms with Crippen LogP contribution in [0.1, 0.15) is 41.3 Å². The second-order valence-electron chi connectivity index (χ2n) is 7.58. The number of unbranched alkanes of at least 4 members (excludes halogenated alkanes) is 1. The molecule has 1 saturated heterocycles. The van der Waals surface area contributed by atoms with Gasteiger partial charge in [0.1, 0.15) is 5.75 Å². The van der Waals surface area contributed by atoms with Crippen LogP contribution in [-0.2, 0) is 13.0 Å². The van der Waals surface area contributed by atoms with Crippen LogP contribution >= 0.6 is 0 Å². The highest BCUT2D eigenvalue weighted by atomic mass is 16.5. The molecule has 142 valence electrons. The molecular weight excluding hydrogens is 336 g/mol. The van der Waals surface area contributed by atoms with Crippen LogP contribution in [0.4, 0.5) is 0 Å². The molecule has 0 aromatic heterocycles. The SMILES string of the molecule is CCCCOc1ccc(C(=O)N2CC(N3CCc4ccccc4C3)C2)cc1. The number of likely N-dealkylation sites (tertiary alicyclic amines) is 1. The zero-order valence-corrected chi connectivity index (χ0v) is 16.1. The van der Waals surface area contributed by atoms with Gasteiger partial charge in [-0.3, -0.25) is 9.69 Å². The summed E-state index contributed by atoms with van der Waals surface area (Å²) < 4.78 is 5.68. The highest BCUT2D eigenvalue weighted by Crippen LogP contribution is 2.25. The van der Waals surface area contributed by atoms with E-state index >= 15 is 0 Å². The second kappa shape index (κ2) is 8.13. The molecule has 27 heavy (non-hydrogen) atoms. The van der Waals surface area contributed by atoms with Gasteiger partial charge in [-0.25, -0.2) is 0 Å². The summed E-state index contributed by atoms with van der Waals surface area (Å²) in [6.45, 7) is 6.64. The Morgan fingerprint density at radius 2 is 1.81 bits per heavy atom. The molecule has 0 N–H and O–H groups in total. The molecule has 2 aromatic carbocycles. The van der Waals surface area contributed by atoms with Crippen LogP contribution in [0.15, 0.2) is 48.5 Å². The van der Waals surface area contributed by atoms with Crippen molar-refractivity contribution in [2.24, 2.45) is 0 Å². The van der Waals surface area contributed by atoms with Gasteiger partial charge in [-0.2, -0.15) is 0 Å². The van der Waals surface area contributed by atoms with E-state index in [0.717, 1.165) is 63.4 Å². The normalized spacial score (nSPS) is 17.3. The molecule has 4 heteroatoms. The van der Waals surface area contributed by atoms with Crippen molar-refractivity contribution in [1.29, 1.82) is 0 Å². The Bertz CT molecular complexity index is 781. The van der Waals surface area contributed by atoms with Gasteiger partial charge in [0.05, 0.1) is 6.61 Å². The highest BCUT2D eigenvalue weighted by molar-refractivity contribution is 5.95. The van der Waals surface area contributed by atoms with Crippen LogP contribution in [0.3, 0.4) is 0 Å². The lowest BCUT2D eigenvalue weighted by Gasteiger charge is -2.47. The zero-order chi connectivity index (χ0) is 18.6. The molecule has 4 nitrogen and oxygen atoms in total. The predicted octanol–water partition coefficient (Wildman–Crippen LogP) is 3.75. The standard InChI is InChI=1S/C23H28N2O2/c1-2-3-14-27-22-10-8-19(9-11-22)23(26)25-16-21(17-25)24-13-12-18-6-4-5-7-20(18)15-24/h4-11,21H,2-3,12-17H2,1H3. The van der Waals surface area contributed by atoms with E-state index in [0.29, 0.717) is 6.04 Å². The average Bonchev–Trinajstić information content (AvgIpc) is 2.67. The number of fused-ring (bicyclic) bond motifs is 1. The van der Waals surface area contributed by atoms with E-state index < -0.39 is 0 Å². The van der Waals surface area contributed by atoms with Crippen LogP contribution in [0.25, 0.3) is 0 Å². The Hall–Kier alpha value is -2.33. The van der Waals surface area contributed by atoms with E-state index in [1.54, 1.807) is 0 Å². The molecule has 2 aliphatic heterocycles. The minimum absolute atomic E-state index is 0.128. The van der Waals surface area contributed by atoms with Crippen LogP contribution < -0.4 is 4.74 Å². The molecule has 1 amide bonds. The summed E-state index contributed by atoms with van der Waals surface area (Å²) in [6.07, 6.45) is 3.28. The third-order valence-corrected chi connectivity index (χ3v) is 5.69. The number of carbonyl (C=O) groups excluding carboxylic acids is 1. The van der Waals surface area contributed by atoms with Crippen LogP contribution in [0, 0.1) is 0 Å². The van der Waals surface area contributed by atoms with Crippen molar-refractivity contribution in [2.75, 3.05) is 26.2 Å². The third kappa shape index (κ3) is 4.01. The van der Waals surface area contributed by atoms with Gasteiger partial charge in [-0.15, -0.1) is 0 Å². The Balaban J connectivity index is 1.29. The molecule has 1 fully saturated rings. The zero-order valence-electron chi connectivity index (χ0n) is 16.1. The van der Waals surface area contributed by atoms with Crippen molar-refractivity contribution in [3.05, 3.63) is 65.2 Å². The minimum atomic E-state index is 0.128. The van der Waals surface area contributed by atoms with Crippen molar-refractivity contribution < 1.29 is 9.53 Å². The van der Waals surface area contributed by atoms with Gasteiger partial charge in [0.15, 0.2) is 0 Å². The summed E-state index contributed by atoms with van der Waals surface area (Å²) >= 11 is 0. The van der Waals surface area contributed by atoms with Gasteiger partial charge in [0.2, 0.25) is 0 Å². The quantitative estimate of drug-likeness (QED) is 0.732. The fraction of sp³-hybridized carbons (Fsp3) is 0.435. The van der Waals surface area contributed by atoms with Crippen molar-refractivity contribution >= 4 is 5.91 Å². The molecule has 0 radical (unpaired) electrons. The summed E-state index contributed by atoms with van der Waals surface area (Å²) in [5.74, 6) is 0.970. The molecule has 2 aromatic rings. The number of nitrogens with zero attached hydrogens (tertiary/aromatic N) is 2. The Morgan fingerprint density at radius 3 is 2.56 bits per heavy atom. The molecule has 0 spiro atoms. The lowest BCUT2D eigenvalue weighted by molar-refractivity contribution is 0.0218. The second-order valence-corrected chi connectivity index (χ2v) is 7.58. The van der Waals surface area contributed by atoms with Crippen LogP contribution in [0.5, 0.6) is 5.75 Å². The first-order chi connectivity index (χ1) is 13.2. The van der Waals surface area contributed by atoms with E-state index in [1.165, 1.54) is 11.1 Å². The average molecular weight is 364 g/mol. The van der Waals surface area contributed by atoms with E-state index in [4.69, 9.17) is 4.74 Å². The van der Waals surface area contributed by atoms with E-state index in [2.05, 4.69) is 36.1 Å². The molecular formula is C23H28N2O2. The van der Waals surface area contributed by atoms with E-state index in [9.17, 15) is 4.79 Å². The van der Waals surface area contributed by atoms with Crippen molar-refractivity contribution in [3.63, 3.8) is 0 Å². The fourth-order valence-electron chi connectivity index (χ4n) is 3.89. The van der Waals surface area contributed by atoms with E-state index in [1.807, 2.05) is 29.2 Å². The topological polar surface area (TPSA) is 32.8 Å². The van der Waals surface area contributed by atoms with Crippen molar-refractivity contribution in [3.8, 4) is 5.75 Å². The largest absolute Gasteiger partial charge is 0.494 e. The van der Waals surface area contributed by atoms with Crippen molar-refractivity contribution in [2.45, 2.75) is 38.8 Å². The highest BCUT2D eigenvalue weighted by Gasteiger charge is 2.36. The van der Waals surface area contributed by atoms with Gasteiger partial charge < -0.3 is 9.64 Å². The first kappa shape index (κ1) is 18.1. The molecule has 0 saturated carbocycles.